The molecular weight excluding hydrogens is 298 g/mol. The van der Waals surface area contributed by atoms with E-state index in [0.717, 1.165) is 0 Å². The van der Waals surface area contributed by atoms with Crippen LogP contribution in [0.4, 0.5) is 5.69 Å². The van der Waals surface area contributed by atoms with E-state index in [4.69, 9.17) is 5.73 Å². The van der Waals surface area contributed by atoms with Crippen molar-refractivity contribution in [3.8, 4) is 11.3 Å². The molecule has 0 radical (unpaired) electrons. The molecule has 1 amide bonds. The molecule has 1 heterocycles. The SMILES string of the molecule is CC(CN)CNC(=O)c1cn(C)nc1-c1ccc([N+](=O)[O-])cc1. The van der Waals surface area contributed by atoms with Crippen LogP contribution in [0.25, 0.3) is 11.3 Å². The molecule has 0 saturated heterocycles. The number of nitro benzene ring substituents is 1. The third-order valence-corrected chi connectivity index (χ3v) is 3.44. The molecular formula is C15H19N5O3. The fourth-order valence-corrected chi connectivity index (χ4v) is 2.05. The van der Waals surface area contributed by atoms with Crippen molar-refractivity contribution in [1.29, 1.82) is 0 Å². The van der Waals surface area contributed by atoms with Gasteiger partial charge in [-0.3, -0.25) is 19.6 Å². The molecule has 122 valence electrons. The Morgan fingerprint density at radius 2 is 2.09 bits per heavy atom. The van der Waals surface area contributed by atoms with Gasteiger partial charge in [0.05, 0.1) is 10.5 Å². The number of nitro groups is 1. The maximum atomic E-state index is 12.3. The summed E-state index contributed by atoms with van der Waals surface area (Å²) in [4.78, 5) is 22.6. The summed E-state index contributed by atoms with van der Waals surface area (Å²) in [7, 11) is 1.72. The number of aryl methyl sites for hydroxylation is 1. The minimum atomic E-state index is -0.468. The Morgan fingerprint density at radius 3 is 2.65 bits per heavy atom. The number of amides is 1. The molecule has 1 atom stereocenters. The van der Waals surface area contributed by atoms with Crippen molar-refractivity contribution >= 4 is 11.6 Å². The van der Waals surface area contributed by atoms with Crippen LogP contribution in [0.3, 0.4) is 0 Å². The number of hydrogen-bond acceptors (Lipinski definition) is 5. The van der Waals surface area contributed by atoms with Gasteiger partial charge in [0.15, 0.2) is 0 Å². The molecule has 8 heteroatoms. The highest BCUT2D eigenvalue weighted by Crippen LogP contribution is 2.24. The highest BCUT2D eigenvalue weighted by Gasteiger charge is 2.18. The van der Waals surface area contributed by atoms with Gasteiger partial charge in [0.25, 0.3) is 11.6 Å². The molecule has 0 bridgehead atoms. The van der Waals surface area contributed by atoms with Gasteiger partial charge in [-0.2, -0.15) is 5.10 Å². The van der Waals surface area contributed by atoms with E-state index in [2.05, 4.69) is 10.4 Å². The van der Waals surface area contributed by atoms with E-state index < -0.39 is 4.92 Å². The van der Waals surface area contributed by atoms with Crippen LogP contribution in [0, 0.1) is 16.0 Å². The van der Waals surface area contributed by atoms with E-state index >= 15 is 0 Å². The van der Waals surface area contributed by atoms with Crippen molar-refractivity contribution in [2.75, 3.05) is 13.1 Å². The Bertz CT molecular complexity index is 708. The number of non-ortho nitro benzene ring substituents is 1. The molecule has 1 aromatic heterocycles. The Kier molecular flexibility index (Phi) is 5.07. The minimum absolute atomic E-state index is 0.00699. The average molecular weight is 317 g/mol. The van der Waals surface area contributed by atoms with Gasteiger partial charge in [-0.15, -0.1) is 0 Å². The largest absolute Gasteiger partial charge is 0.352 e. The lowest BCUT2D eigenvalue weighted by atomic mass is 10.1. The third kappa shape index (κ3) is 3.92. The average Bonchev–Trinajstić information content (AvgIpc) is 2.94. The quantitative estimate of drug-likeness (QED) is 0.615. The van der Waals surface area contributed by atoms with Gasteiger partial charge in [-0.25, -0.2) is 0 Å². The number of nitrogens with two attached hydrogens (primary N) is 1. The molecule has 0 fully saturated rings. The van der Waals surface area contributed by atoms with E-state index in [-0.39, 0.29) is 17.5 Å². The number of carbonyl (C=O) groups is 1. The molecule has 3 N–H and O–H groups in total. The van der Waals surface area contributed by atoms with Gasteiger partial charge < -0.3 is 11.1 Å². The summed E-state index contributed by atoms with van der Waals surface area (Å²) in [5.41, 5.74) is 7.09. The van der Waals surface area contributed by atoms with E-state index in [0.29, 0.717) is 29.9 Å². The first-order valence-corrected chi connectivity index (χ1v) is 7.19. The van der Waals surface area contributed by atoms with Crippen molar-refractivity contribution in [2.45, 2.75) is 6.92 Å². The van der Waals surface area contributed by atoms with Gasteiger partial charge in [0.1, 0.15) is 5.69 Å². The van der Waals surface area contributed by atoms with E-state index in [1.54, 1.807) is 25.4 Å². The monoisotopic (exact) mass is 317 g/mol. The molecule has 2 rings (SSSR count). The van der Waals surface area contributed by atoms with E-state index in [1.807, 2.05) is 6.92 Å². The fraction of sp³-hybridized carbons (Fsp3) is 0.333. The van der Waals surface area contributed by atoms with Gasteiger partial charge >= 0.3 is 0 Å². The first-order valence-electron chi connectivity index (χ1n) is 7.19. The highest BCUT2D eigenvalue weighted by molar-refractivity contribution is 5.99. The van der Waals surface area contributed by atoms with Gasteiger partial charge in [-0.05, 0) is 24.6 Å². The summed E-state index contributed by atoms with van der Waals surface area (Å²) in [5, 5.41) is 17.8. The molecule has 2 aromatic rings. The Hall–Kier alpha value is -2.74. The Morgan fingerprint density at radius 1 is 1.43 bits per heavy atom. The summed E-state index contributed by atoms with van der Waals surface area (Å²) < 4.78 is 1.54. The number of aromatic nitrogens is 2. The second-order valence-corrected chi connectivity index (χ2v) is 5.42. The number of nitrogens with one attached hydrogen (secondary N) is 1. The number of hydrogen-bond donors (Lipinski definition) is 2. The number of benzene rings is 1. The van der Waals surface area contributed by atoms with Crippen molar-refractivity contribution in [2.24, 2.45) is 18.7 Å². The lowest BCUT2D eigenvalue weighted by Gasteiger charge is -2.10. The second kappa shape index (κ2) is 7.01. The standard InChI is InChI=1S/C15H19N5O3/c1-10(7-16)8-17-15(21)13-9-19(2)18-14(13)11-3-5-12(6-4-11)20(22)23/h3-6,9-10H,7-8,16H2,1-2H3,(H,17,21). The highest BCUT2D eigenvalue weighted by atomic mass is 16.6. The maximum Gasteiger partial charge on any atom is 0.269 e. The van der Waals surface area contributed by atoms with Crippen LogP contribution in [0.15, 0.2) is 30.5 Å². The van der Waals surface area contributed by atoms with Crippen molar-refractivity contribution in [3.05, 3.63) is 46.1 Å². The molecule has 0 saturated carbocycles. The van der Waals surface area contributed by atoms with Crippen molar-refractivity contribution < 1.29 is 9.72 Å². The Labute approximate surface area is 133 Å². The summed E-state index contributed by atoms with van der Waals surface area (Å²) >= 11 is 0. The van der Waals surface area contributed by atoms with Gasteiger partial charge in [-0.1, -0.05) is 6.92 Å². The van der Waals surface area contributed by atoms with E-state index in [9.17, 15) is 14.9 Å². The van der Waals surface area contributed by atoms with Crippen LogP contribution in [-0.4, -0.2) is 33.7 Å². The number of rotatable bonds is 6. The summed E-state index contributed by atoms with van der Waals surface area (Å²) in [6.45, 7) is 2.91. The molecule has 23 heavy (non-hydrogen) atoms. The van der Waals surface area contributed by atoms with Crippen molar-refractivity contribution in [3.63, 3.8) is 0 Å². The zero-order valence-corrected chi connectivity index (χ0v) is 13.0. The molecule has 0 aliphatic carbocycles. The molecule has 0 aliphatic rings. The molecule has 1 unspecified atom stereocenters. The summed E-state index contributed by atoms with van der Waals surface area (Å²) in [5.74, 6) is -0.0646. The predicted octanol–water partition coefficient (Wildman–Crippen LogP) is 1.32. The molecule has 8 nitrogen and oxygen atoms in total. The fourth-order valence-electron chi connectivity index (χ4n) is 2.05. The molecule has 0 spiro atoms. The normalized spacial score (nSPS) is 12.0. The summed E-state index contributed by atoms with van der Waals surface area (Å²) in [6, 6.07) is 5.95. The van der Waals surface area contributed by atoms with Gasteiger partial charge in [0.2, 0.25) is 0 Å². The lowest BCUT2D eigenvalue weighted by molar-refractivity contribution is -0.384. The first-order chi connectivity index (χ1) is 10.9. The second-order valence-electron chi connectivity index (χ2n) is 5.42. The predicted molar refractivity (Wildman–Crippen MR) is 85.9 cm³/mol. The van der Waals surface area contributed by atoms with Crippen LogP contribution < -0.4 is 11.1 Å². The molecule has 0 aliphatic heterocycles. The smallest absolute Gasteiger partial charge is 0.269 e. The zero-order valence-electron chi connectivity index (χ0n) is 13.0. The third-order valence-electron chi connectivity index (χ3n) is 3.44. The molecule has 1 aromatic carbocycles. The van der Waals surface area contributed by atoms with Gasteiger partial charge in [0, 0.05) is 37.5 Å². The Balaban J connectivity index is 2.26. The topological polar surface area (TPSA) is 116 Å². The maximum absolute atomic E-state index is 12.3. The van der Waals surface area contributed by atoms with Crippen LogP contribution in [0.1, 0.15) is 17.3 Å². The first kappa shape index (κ1) is 16.6. The van der Waals surface area contributed by atoms with Crippen molar-refractivity contribution in [1.82, 2.24) is 15.1 Å². The number of carbonyl (C=O) groups excluding carboxylic acids is 1. The number of nitrogens with zero attached hydrogens (tertiary/aromatic N) is 3. The van der Waals surface area contributed by atoms with Crippen LogP contribution >= 0.6 is 0 Å². The van der Waals surface area contributed by atoms with Crippen LogP contribution in [-0.2, 0) is 7.05 Å². The lowest BCUT2D eigenvalue weighted by Crippen LogP contribution is -2.31. The minimum Gasteiger partial charge on any atom is -0.352 e. The van der Waals surface area contributed by atoms with Crippen LogP contribution in [0.5, 0.6) is 0 Å². The van der Waals surface area contributed by atoms with E-state index in [1.165, 1.54) is 16.8 Å². The zero-order chi connectivity index (χ0) is 17.0. The van der Waals surface area contributed by atoms with Crippen LogP contribution in [0.2, 0.25) is 0 Å². The summed E-state index contributed by atoms with van der Waals surface area (Å²) in [6.07, 6.45) is 1.62.